The fraction of sp³-hybridized carbons (Fsp3) is 0.333. The lowest BCUT2D eigenvalue weighted by atomic mass is 9.90. The molecule has 1 atom stereocenters. The van der Waals surface area contributed by atoms with E-state index >= 15 is 0 Å². The zero-order chi connectivity index (χ0) is 14.3. The van der Waals surface area contributed by atoms with Crippen LogP contribution in [0.2, 0.25) is 5.02 Å². The molecule has 0 bridgehead atoms. The zero-order valence-electron chi connectivity index (χ0n) is 11.1. The van der Waals surface area contributed by atoms with Crippen LogP contribution in [-0.2, 0) is 4.79 Å². The molecule has 1 saturated heterocycles. The molecule has 1 aliphatic heterocycles. The van der Waals surface area contributed by atoms with E-state index in [1.165, 1.54) is 0 Å². The van der Waals surface area contributed by atoms with E-state index < -0.39 is 11.4 Å². The third kappa shape index (κ3) is 2.00. The Morgan fingerprint density at radius 1 is 1.45 bits per heavy atom. The Morgan fingerprint density at radius 3 is 2.95 bits per heavy atom. The summed E-state index contributed by atoms with van der Waals surface area (Å²) < 4.78 is 0. The molecule has 0 saturated carbocycles. The van der Waals surface area contributed by atoms with Crippen LogP contribution in [0.4, 0.5) is 5.69 Å². The number of carbonyl (C=O) groups is 1. The zero-order valence-corrected chi connectivity index (χ0v) is 11.9. The molecule has 0 spiro atoms. The highest BCUT2D eigenvalue weighted by Gasteiger charge is 2.40. The van der Waals surface area contributed by atoms with Crippen LogP contribution in [0.3, 0.4) is 0 Å². The van der Waals surface area contributed by atoms with E-state index in [0.717, 1.165) is 23.1 Å². The van der Waals surface area contributed by atoms with Crippen LogP contribution < -0.4 is 4.90 Å². The van der Waals surface area contributed by atoms with Crippen LogP contribution in [-0.4, -0.2) is 29.1 Å². The number of fused-ring (bicyclic) bond motifs is 1. The van der Waals surface area contributed by atoms with Gasteiger partial charge in [-0.2, -0.15) is 0 Å². The van der Waals surface area contributed by atoms with Gasteiger partial charge in [0.15, 0.2) is 0 Å². The van der Waals surface area contributed by atoms with Crippen molar-refractivity contribution in [3.63, 3.8) is 0 Å². The first kappa shape index (κ1) is 13.2. The maximum atomic E-state index is 11.4. The number of halogens is 1. The molecule has 20 heavy (non-hydrogen) atoms. The molecule has 4 nitrogen and oxygen atoms in total. The number of benzene rings is 1. The molecular formula is C15H15ClN2O2. The predicted octanol–water partition coefficient (Wildman–Crippen LogP) is 3.19. The Hall–Kier alpha value is -1.81. The second-order valence-electron chi connectivity index (χ2n) is 5.50. The first-order valence-electron chi connectivity index (χ1n) is 6.53. The Morgan fingerprint density at radius 2 is 2.25 bits per heavy atom. The molecule has 2 aromatic rings. The number of carboxylic acids is 1. The third-order valence-electron chi connectivity index (χ3n) is 4.03. The molecule has 104 valence electrons. The Bertz CT molecular complexity index is 689. The van der Waals surface area contributed by atoms with Gasteiger partial charge in [0, 0.05) is 30.4 Å². The van der Waals surface area contributed by atoms with Crippen LogP contribution in [0.15, 0.2) is 30.5 Å². The van der Waals surface area contributed by atoms with Gasteiger partial charge in [-0.3, -0.25) is 9.78 Å². The molecule has 3 rings (SSSR count). The lowest BCUT2D eigenvalue weighted by Gasteiger charge is -2.23. The van der Waals surface area contributed by atoms with Gasteiger partial charge >= 0.3 is 5.97 Å². The van der Waals surface area contributed by atoms with Crippen molar-refractivity contribution in [2.24, 2.45) is 5.41 Å². The van der Waals surface area contributed by atoms with Crippen LogP contribution in [0.5, 0.6) is 0 Å². The number of pyridine rings is 1. The predicted molar refractivity (Wildman–Crippen MR) is 79.3 cm³/mol. The minimum atomic E-state index is -0.739. The minimum absolute atomic E-state index is 0.508. The minimum Gasteiger partial charge on any atom is -0.481 e. The smallest absolute Gasteiger partial charge is 0.311 e. The Balaban J connectivity index is 2.04. The van der Waals surface area contributed by atoms with Crippen molar-refractivity contribution in [1.29, 1.82) is 0 Å². The second-order valence-corrected chi connectivity index (χ2v) is 5.91. The molecule has 1 fully saturated rings. The van der Waals surface area contributed by atoms with E-state index in [9.17, 15) is 9.90 Å². The number of hydrogen-bond acceptors (Lipinski definition) is 3. The monoisotopic (exact) mass is 290 g/mol. The summed E-state index contributed by atoms with van der Waals surface area (Å²) in [6.45, 7) is 3.04. The summed E-state index contributed by atoms with van der Waals surface area (Å²) in [6, 6.07) is 7.60. The average molecular weight is 291 g/mol. The number of anilines is 1. The Labute approximate surface area is 122 Å². The fourth-order valence-corrected chi connectivity index (χ4v) is 2.97. The normalized spacial score (nSPS) is 22.4. The van der Waals surface area contributed by atoms with E-state index in [0.29, 0.717) is 18.0 Å². The van der Waals surface area contributed by atoms with Crippen molar-refractivity contribution in [2.45, 2.75) is 13.3 Å². The van der Waals surface area contributed by atoms with E-state index in [-0.39, 0.29) is 0 Å². The van der Waals surface area contributed by atoms with Gasteiger partial charge in [0.1, 0.15) is 0 Å². The first-order valence-corrected chi connectivity index (χ1v) is 6.91. The number of aromatic nitrogens is 1. The van der Waals surface area contributed by atoms with Gasteiger partial charge in [0.25, 0.3) is 0 Å². The van der Waals surface area contributed by atoms with E-state index in [1.54, 1.807) is 13.1 Å². The number of hydrogen-bond donors (Lipinski definition) is 1. The summed E-state index contributed by atoms with van der Waals surface area (Å²) >= 11 is 6.17. The summed E-state index contributed by atoms with van der Waals surface area (Å²) in [5.41, 5.74) is 1.08. The third-order valence-corrected chi connectivity index (χ3v) is 4.33. The summed E-state index contributed by atoms with van der Waals surface area (Å²) in [5, 5.41) is 10.9. The fourth-order valence-electron chi connectivity index (χ4n) is 2.74. The van der Waals surface area contributed by atoms with E-state index in [1.807, 2.05) is 24.3 Å². The van der Waals surface area contributed by atoms with Crippen LogP contribution in [0.1, 0.15) is 13.3 Å². The van der Waals surface area contributed by atoms with Gasteiger partial charge < -0.3 is 10.0 Å². The van der Waals surface area contributed by atoms with E-state index in [2.05, 4.69) is 9.88 Å². The lowest BCUT2D eigenvalue weighted by molar-refractivity contribution is -0.146. The summed E-state index contributed by atoms with van der Waals surface area (Å²) in [6.07, 6.45) is 2.37. The molecule has 1 aromatic heterocycles. The van der Waals surface area contributed by atoms with E-state index in [4.69, 9.17) is 11.6 Å². The van der Waals surface area contributed by atoms with Crippen molar-refractivity contribution in [3.8, 4) is 0 Å². The standard InChI is InChI=1S/C15H15ClN2O2/c1-15(14(19)20)6-8-18(9-15)12-5-7-17-13-10(12)3-2-4-11(13)16/h2-5,7H,6,8-9H2,1H3,(H,19,20). The number of aliphatic carboxylic acids is 1. The Kier molecular flexibility index (Phi) is 3.05. The van der Waals surface area contributed by atoms with Crippen LogP contribution in [0.25, 0.3) is 10.9 Å². The van der Waals surface area contributed by atoms with Gasteiger partial charge in [0.05, 0.1) is 16.0 Å². The molecule has 0 amide bonds. The average Bonchev–Trinajstić information content (AvgIpc) is 2.83. The van der Waals surface area contributed by atoms with Crippen molar-refractivity contribution in [2.75, 3.05) is 18.0 Å². The van der Waals surface area contributed by atoms with Gasteiger partial charge in [-0.1, -0.05) is 23.7 Å². The summed E-state index contributed by atoms with van der Waals surface area (Å²) in [5.74, 6) is -0.739. The molecule has 1 unspecified atom stereocenters. The first-order chi connectivity index (χ1) is 9.51. The van der Waals surface area contributed by atoms with Crippen LogP contribution in [0, 0.1) is 5.41 Å². The largest absolute Gasteiger partial charge is 0.481 e. The molecule has 0 radical (unpaired) electrons. The van der Waals surface area contributed by atoms with Gasteiger partial charge in [-0.05, 0) is 25.5 Å². The quantitative estimate of drug-likeness (QED) is 0.923. The van der Waals surface area contributed by atoms with Gasteiger partial charge in [0.2, 0.25) is 0 Å². The molecule has 2 heterocycles. The molecule has 0 aliphatic carbocycles. The van der Waals surface area contributed by atoms with Crippen molar-refractivity contribution in [3.05, 3.63) is 35.5 Å². The topological polar surface area (TPSA) is 53.4 Å². The second kappa shape index (κ2) is 4.63. The molecule has 5 heteroatoms. The number of carboxylic acid groups (broad SMARTS) is 1. The molecule has 1 aromatic carbocycles. The van der Waals surface area contributed by atoms with Crippen LogP contribution >= 0.6 is 11.6 Å². The molecule has 1 N–H and O–H groups in total. The number of nitrogens with zero attached hydrogens (tertiary/aromatic N) is 2. The number of para-hydroxylation sites is 1. The van der Waals surface area contributed by atoms with Crippen molar-refractivity contribution < 1.29 is 9.90 Å². The summed E-state index contributed by atoms with van der Waals surface area (Å²) in [4.78, 5) is 17.8. The summed E-state index contributed by atoms with van der Waals surface area (Å²) in [7, 11) is 0. The van der Waals surface area contributed by atoms with Gasteiger partial charge in [-0.15, -0.1) is 0 Å². The SMILES string of the molecule is CC1(C(=O)O)CCN(c2ccnc3c(Cl)cccc23)C1. The highest BCUT2D eigenvalue weighted by molar-refractivity contribution is 6.35. The molecular weight excluding hydrogens is 276 g/mol. The number of rotatable bonds is 2. The van der Waals surface area contributed by atoms with Crippen molar-refractivity contribution in [1.82, 2.24) is 4.98 Å². The highest BCUT2D eigenvalue weighted by Crippen LogP contribution is 2.37. The van der Waals surface area contributed by atoms with Gasteiger partial charge in [-0.25, -0.2) is 0 Å². The molecule has 1 aliphatic rings. The van der Waals surface area contributed by atoms with Crippen molar-refractivity contribution >= 4 is 34.2 Å². The maximum Gasteiger partial charge on any atom is 0.311 e. The maximum absolute atomic E-state index is 11.4. The highest BCUT2D eigenvalue weighted by atomic mass is 35.5. The lowest BCUT2D eigenvalue weighted by Crippen LogP contribution is -2.31.